The molecule has 0 fully saturated rings. The Morgan fingerprint density at radius 2 is 1.45 bits per heavy atom. The van der Waals surface area contributed by atoms with Crippen molar-refractivity contribution < 1.29 is 0 Å². The maximum Gasteiger partial charge on any atom is 0.239 e. The van der Waals surface area contributed by atoms with E-state index in [9.17, 15) is 0 Å². The molecule has 0 unspecified atom stereocenters. The number of nitrogens with two attached hydrogens (primary N) is 1. The predicted molar refractivity (Wildman–Crippen MR) is 79.2 cm³/mol. The molecule has 0 atom stereocenters. The Labute approximate surface area is 117 Å². The summed E-state index contributed by atoms with van der Waals surface area (Å²) in [7, 11) is 0. The minimum absolute atomic E-state index is 0.241. The van der Waals surface area contributed by atoms with Crippen LogP contribution in [0.15, 0.2) is 60.7 Å². The van der Waals surface area contributed by atoms with Crippen LogP contribution < -0.4 is 5.73 Å². The van der Waals surface area contributed by atoms with Crippen LogP contribution >= 0.6 is 0 Å². The van der Waals surface area contributed by atoms with Gasteiger partial charge in [-0.05, 0) is 11.1 Å². The molecule has 0 bridgehead atoms. The molecule has 0 saturated heterocycles. The number of aromatic nitrogens is 3. The molecule has 0 amide bonds. The lowest BCUT2D eigenvalue weighted by Gasteiger charge is -2.16. The Bertz CT molecular complexity index is 622. The molecule has 1 heterocycles. The first kappa shape index (κ1) is 12.4. The molecule has 20 heavy (non-hydrogen) atoms. The fourth-order valence-corrected chi connectivity index (χ4v) is 2.39. The number of hydrogen-bond donors (Lipinski definition) is 2. The second-order valence-electron chi connectivity index (χ2n) is 4.72. The molecule has 0 spiro atoms. The lowest BCUT2D eigenvalue weighted by Crippen LogP contribution is -2.06. The molecule has 3 aromatic rings. The molecule has 4 heteroatoms. The van der Waals surface area contributed by atoms with Crippen LogP contribution in [0.25, 0.3) is 0 Å². The number of aromatic amines is 1. The highest BCUT2D eigenvalue weighted by molar-refractivity contribution is 5.33. The predicted octanol–water partition coefficient (Wildman–Crippen LogP) is 2.76. The van der Waals surface area contributed by atoms with Gasteiger partial charge in [0.2, 0.25) is 5.95 Å². The highest BCUT2D eigenvalue weighted by atomic mass is 15.3. The van der Waals surface area contributed by atoms with E-state index in [2.05, 4.69) is 63.7 Å². The van der Waals surface area contributed by atoms with Crippen molar-refractivity contribution in [2.45, 2.75) is 12.3 Å². The van der Waals surface area contributed by atoms with Gasteiger partial charge in [-0.25, -0.2) is 0 Å². The summed E-state index contributed by atoms with van der Waals surface area (Å²) in [4.78, 5) is 4.21. The topological polar surface area (TPSA) is 67.6 Å². The van der Waals surface area contributed by atoms with Crippen LogP contribution in [0.5, 0.6) is 0 Å². The van der Waals surface area contributed by atoms with E-state index in [0.29, 0.717) is 5.95 Å². The molecular formula is C16H16N4. The Balaban J connectivity index is 1.96. The van der Waals surface area contributed by atoms with Gasteiger partial charge in [-0.3, -0.25) is 5.10 Å². The molecule has 2 aromatic carbocycles. The van der Waals surface area contributed by atoms with Gasteiger partial charge >= 0.3 is 0 Å². The summed E-state index contributed by atoms with van der Waals surface area (Å²) < 4.78 is 0. The molecular weight excluding hydrogens is 248 g/mol. The van der Waals surface area contributed by atoms with Gasteiger partial charge < -0.3 is 5.73 Å². The molecule has 3 N–H and O–H groups in total. The summed E-state index contributed by atoms with van der Waals surface area (Å²) in [5.41, 5.74) is 8.09. The van der Waals surface area contributed by atoms with Crippen LogP contribution in [0.1, 0.15) is 22.9 Å². The van der Waals surface area contributed by atoms with Crippen molar-refractivity contribution in [3.8, 4) is 0 Å². The third-order valence-corrected chi connectivity index (χ3v) is 3.35. The van der Waals surface area contributed by atoms with E-state index in [1.807, 2.05) is 12.1 Å². The van der Waals surface area contributed by atoms with Gasteiger partial charge in [0, 0.05) is 12.3 Å². The molecule has 1 aromatic heterocycles. The van der Waals surface area contributed by atoms with Crippen LogP contribution in [0, 0.1) is 0 Å². The Hall–Kier alpha value is -2.62. The maximum atomic E-state index is 5.58. The normalized spacial score (nSPS) is 10.8. The Morgan fingerprint density at radius 3 is 1.90 bits per heavy atom. The molecule has 0 aliphatic heterocycles. The van der Waals surface area contributed by atoms with E-state index in [-0.39, 0.29) is 5.92 Å². The summed E-state index contributed by atoms with van der Waals surface area (Å²) >= 11 is 0. The molecule has 3 rings (SSSR count). The molecule has 0 saturated carbocycles. The maximum absolute atomic E-state index is 5.58. The van der Waals surface area contributed by atoms with Crippen molar-refractivity contribution in [2.24, 2.45) is 0 Å². The summed E-state index contributed by atoms with van der Waals surface area (Å²) in [5, 5.41) is 6.79. The monoisotopic (exact) mass is 264 g/mol. The number of hydrogen-bond acceptors (Lipinski definition) is 3. The summed E-state index contributed by atoms with van der Waals surface area (Å²) in [6, 6.07) is 20.8. The standard InChI is InChI=1S/C16H16N4/c17-16-18-15(19-20-16)11-14(12-7-3-1-4-8-12)13-9-5-2-6-10-13/h1-10,14H,11H2,(H3,17,18,19,20). The van der Waals surface area contributed by atoms with Crippen molar-refractivity contribution in [1.29, 1.82) is 0 Å². The quantitative estimate of drug-likeness (QED) is 0.761. The second-order valence-corrected chi connectivity index (χ2v) is 4.72. The van der Waals surface area contributed by atoms with E-state index in [1.54, 1.807) is 0 Å². The number of rotatable bonds is 4. The zero-order valence-corrected chi connectivity index (χ0v) is 11.0. The Morgan fingerprint density at radius 1 is 0.900 bits per heavy atom. The van der Waals surface area contributed by atoms with Crippen LogP contribution in [0.2, 0.25) is 0 Å². The minimum Gasteiger partial charge on any atom is -0.367 e. The lowest BCUT2D eigenvalue weighted by molar-refractivity contribution is 0.758. The first-order chi connectivity index (χ1) is 9.83. The minimum atomic E-state index is 0.241. The largest absolute Gasteiger partial charge is 0.367 e. The molecule has 0 aliphatic carbocycles. The third kappa shape index (κ3) is 2.69. The number of nitrogen functional groups attached to an aromatic ring is 1. The molecule has 0 aliphatic rings. The number of anilines is 1. The van der Waals surface area contributed by atoms with Crippen molar-refractivity contribution in [2.75, 3.05) is 5.73 Å². The van der Waals surface area contributed by atoms with Crippen molar-refractivity contribution >= 4 is 5.95 Å². The summed E-state index contributed by atoms with van der Waals surface area (Å²) in [6.07, 6.45) is 0.748. The first-order valence-corrected chi connectivity index (χ1v) is 6.59. The SMILES string of the molecule is Nc1n[nH]c(CC(c2ccccc2)c2ccccc2)n1. The number of benzene rings is 2. The highest BCUT2D eigenvalue weighted by Crippen LogP contribution is 2.27. The van der Waals surface area contributed by atoms with E-state index in [1.165, 1.54) is 11.1 Å². The fraction of sp³-hybridized carbons (Fsp3) is 0.125. The fourth-order valence-electron chi connectivity index (χ4n) is 2.39. The number of H-pyrrole nitrogens is 1. The average molecular weight is 264 g/mol. The highest BCUT2D eigenvalue weighted by Gasteiger charge is 2.16. The number of nitrogens with zero attached hydrogens (tertiary/aromatic N) is 2. The second kappa shape index (κ2) is 5.57. The van der Waals surface area contributed by atoms with Gasteiger partial charge in [0.05, 0.1) is 0 Å². The van der Waals surface area contributed by atoms with E-state index in [0.717, 1.165) is 12.2 Å². The van der Waals surface area contributed by atoms with Crippen LogP contribution in [-0.2, 0) is 6.42 Å². The summed E-state index contributed by atoms with van der Waals surface area (Å²) in [6.45, 7) is 0. The van der Waals surface area contributed by atoms with Gasteiger partial charge in [0.1, 0.15) is 5.82 Å². The van der Waals surface area contributed by atoms with Gasteiger partial charge in [0.15, 0.2) is 0 Å². The van der Waals surface area contributed by atoms with E-state index >= 15 is 0 Å². The zero-order valence-electron chi connectivity index (χ0n) is 11.0. The van der Waals surface area contributed by atoms with Crippen molar-refractivity contribution in [1.82, 2.24) is 15.2 Å². The molecule has 4 nitrogen and oxygen atoms in total. The van der Waals surface area contributed by atoms with E-state index in [4.69, 9.17) is 5.73 Å². The van der Waals surface area contributed by atoms with Crippen LogP contribution in [0.4, 0.5) is 5.95 Å². The van der Waals surface area contributed by atoms with Crippen LogP contribution in [-0.4, -0.2) is 15.2 Å². The van der Waals surface area contributed by atoms with Gasteiger partial charge in [-0.2, -0.15) is 4.98 Å². The average Bonchev–Trinajstić information content (AvgIpc) is 2.92. The van der Waals surface area contributed by atoms with Gasteiger partial charge in [-0.15, -0.1) is 5.10 Å². The molecule has 100 valence electrons. The smallest absolute Gasteiger partial charge is 0.239 e. The van der Waals surface area contributed by atoms with Crippen molar-refractivity contribution in [3.63, 3.8) is 0 Å². The van der Waals surface area contributed by atoms with Gasteiger partial charge in [-0.1, -0.05) is 60.7 Å². The zero-order chi connectivity index (χ0) is 13.8. The number of nitrogens with one attached hydrogen (secondary N) is 1. The first-order valence-electron chi connectivity index (χ1n) is 6.59. The third-order valence-electron chi connectivity index (χ3n) is 3.35. The van der Waals surface area contributed by atoms with E-state index < -0.39 is 0 Å². The lowest BCUT2D eigenvalue weighted by atomic mass is 9.88. The Kier molecular flexibility index (Phi) is 3.46. The van der Waals surface area contributed by atoms with Crippen LogP contribution in [0.3, 0.4) is 0 Å². The van der Waals surface area contributed by atoms with Crippen molar-refractivity contribution in [3.05, 3.63) is 77.6 Å². The molecule has 0 radical (unpaired) electrons. The summed E-state index contributed by atoms with van der Waals surface area (Å²) in [5.74, 6) is 1.34. The van der Waals surface area contributed by atoms with Gasteiger partial charge in [0.25, 0.3) is 0 Å².